The van der Waals surface area contributed by atoms with E-state index in [0.29, 0.717) is 24.2 Å². The van der Waals surface area contributed by atoms with E-state index >= 15 is 0 Å². The third-order valence-corrected chi connectivity index (χ3v) is 4.85. The highest BCUT2D eigenvalue weighted by Crippen LogP contribution is 2.28. The minimum atomic E-state index is 0.388. The van der Waals surface area contributed by atoms with Crippen molar-refractivity contribution in [1.82, 2.24) is 5.32 Å². The summed E-state index contributed by atoms with van der Waals surface area (Å²) in [7, 11) is 0. The quantitative estimate of drug-likeness (QED) is 0.924. The van der Waals surface area contributed by atoms with E-state index in [-0.39, 0.29) is 0 Å². The molecule has 3 rings (SSSR count). The summed E-state index contributed by atoms with van der Waals surface area (Å²) in [6.45, 7) is 9.86. The number of hydrogen-bond acceptors (Lipinski definition) is 3. The third-order valence-electron chi connectivity index (χ3n) is 4.85. The lowest BCUT2D eigenvalue weighted by atomic mass is 10.0. The number of ether oxygens (including phenoxy) is 1. The molecule has 1 N–H and O–H groups in total. The molecule has 0 radical (unpaired) electrons. The number of fused-ring (bicyclic) bond motifs is 1. The molecule has 1 saturated heterocycles. The van der Waals surface area contributed by atoms with E-state index in [0.717, 1.165) is 19.6 Å². The van der Waals surface area contributed by atoms with Crippen LogP contribution in [-0.2, 0) is 11.3 Å². The second-order valence-corrected chi connectivity index (χ2v) is 6.91. The molecule has 3 unspecified atom stereocenters. The Bertz CT molecular complexity index is 474. The van der Waals surface area contributed by atoms with Gasteiger partial charge in [-0.25, -0.2) is 0 Å². The zero-order valence-electron chi connectivity index (χ0n) is 13.5. The van der Waals surface area contributed by atoms with E-state index in [1.807, 2.05) is 0 Å². The normalized spacial score (nSPS) is 29.5. The van der Waals surface area contributed by atoms with Crippen molar-refractivity contribution < 1.29 is 4.74 Å². The number of anilines is 1. The first kappa shape index (κ1) is 14.9. The van der Waals surface area contributed by atoms with Crippen LogP contribution in [0.15, 0.2) is 24.3 Å². The van der Waals surface area contributed by atoms with Gasteiger partial charge in [0.25, 0.3) is 0 Å². The van der Waals surface area contributed by atoms with Gasteiger partial charge in [-0.1, -0.05) is 32.0 Å². The molecule has 1 fully saturated rings. The number of nitrogens with zero attached hydrogens (tertiary/aromatic N) is 1. The summed E-state index contributed by atoms with van der Waals surface area (Å²) < 4.78 is 6.05. The summed E-state index contributed by atoms with van der Waals surface area (Å²) in [4.78, 5) is 2.54. The van der Waals surface area contributed by atoms with Gasteiger partial charge in [0.15, 0.2) is 0 Å². The predicted molar refractivity (Wildman–Crippen MR) is 87.7 cm³/mol. The fourth-order valence-corrected chi connectivity index (χ4v) is 3.49. The average molecular weight is 288 g/mol. The molecular weight excluding hydrogens is 260 g/mol. The Morgan fingerprint density at radius 2 is 2.10 bits per heavy atom. The highest BCUT2D eigenvalue weighted by atomic mass is 16.5. The third kappa shape index (κ3) is 3.41. The molecule has 0 spiro atoms. The van der Waals surface area contributed by atoms with Crippen molar-refractivity contribution in [3.63, 3.8) is 0 Å². The number of hydrogen-bond donors (Lipinski definition) is 1. The maximum absolute atomic E-state index is 6.05. The molecule has 0 aliphatic carbocycles. The maximum atomic E-state index is 6.05. The molecule has 3 nitrogen and oxygen atoms in total. The number of rotatable bonds is 3. The smallest absolute Gasteiger partial charge is 0.0754 e. The van der Waals surface area contributed by atoms with Crippen molar-refractivity contribution in [2.45, 2.75) is 58.4 Å². The molecule has 3 atom stereocenters. The molecule has 3 heteroatoms. The van der Waals surface area contributed by atoms with Crippen LogP contribution >= 0.6 is 0 Å². The van der Waals surface area contributed by atoms with Crippen molar-refractivity contribution >= 4 is 5.69 Å². The van der Waals surface area contributed by atoms with Gasteiger partial charge in [-0.2, -0.15) is 0 Å². The largest absolute Gasteiger partial charge is 0.373 e. The van der Waals surface area contributed by atoms with Crippen molar-refractivity contribution in [2.24, 2.45) is 5.92 Å². The van der Waals surface area contributed by atoms with Crippen molar-refractivity contribution in [3.8, 4) is 0 Å². The standard InChI is InChI=1S/C18H28N2O/c1-13(2)17-12-20(11-16-9-8-14(3)21-16)18-7-5-4-6-15(18)10-19-17/h4-7,13-14,16-17,19H,8-12H2,1-3H3. The maximum Gasteiger partial charge on any atom is 0.0754 e. The summed E-state index contributed by atoms with van der Waals surface area (Å²) in [6.07, 6.45) is 3.21. The van der Waals surface area contributed by atoms with Gasteiger partial charge in [0, 0.05) is 31.4 Å². The van der Waals surface area contributed by atoms with Crippen LogP contribution in [0.2, 0.25) is 0 Å². The van der Waals surface area contributed by atoms with Crippen LogP contribution in [0.4, 0.5) is 5.69 Å². The Morgan fingerprint density at radius 1 is 1.29 bits per heavy atom. The minimum Gasteiger partial charge on any atom is -0.373 e. The van der Waals surface area contributed by atoms with Crippen LogP contribution in [0.25, 0.3) is 0 Å². The lowest BCUT2D eigenvalue weighted by molar-refractivity contribution is 0.0597. The second-order valence-electron chi connectivity index (χ2n) is 6.91. The fraction of sp³-hybridized carbons (Fsp3) is 0.667. The first-order valence-corrected chi connectivity index (χ1v) is 8.35. The molecule has 2 aliphatic heterocycles. The van der Waals surface area contributed by atoms with Gasteiger partial charge < -0.3 is 15.0 Å². The van der Waals surface area contributed by atoms with E-state index in [1.165, 1.54) is 24.1 Å². The van der Waals surface area contributed by atoms with Crippen molar-refractivity contribution in [2.75, 3.05) is 18.0 Å². The van der Waals surface area contributed by atoms with Gasteiger partial charge in [-0.05, 0) is 37.3 Å². The van der Waals surface area contributed by atoms with Crippen LogP contribution < -0.4 is 10.2 Å². The Morgan fingerprint density at radius 3 is 2.81 bits per heavy atom. The second kappa shape index (κ2) is 6.37. The molecule has 0 saturated carbocycles. The van der Waals surface area contributed by atoms with Crippen LogP contribution in [0.5, 0.6) is 0 Å². The number of para-hydroxylation sites is 1. The highest BCUT2D eigenvalue weighted by Gasteiger charge is 2.28. The zero-order valence-corrected chi connectivity index (χ0v) is 13.5. The molecule has 0 amide bonds. The molecule has 2 aliphatic rings. The molecule has 0 bridgehead atoms. The zero-order chi connectivity index (χ0) is 14.8. The summed E-state index contributed by atoms with van der Waals surface area (Å²) in [5.74, 6) is 0.644. The first-order chi connectivity index (χ1) is 10.1. The molecular formula is C18H28N2O. The molecule has 116 valence electrons. The summed E-state index contributed by atoms with van der Waals surface area (Å²) in [5, 5.41) is 3.72. The molecule has 1 aromatic rings. The van der Waals surface area contributed by atoms with Gasteiger partial charge >= 0.3 is 0 Å². The summed E-state index contributed by atoms with van der Waals surface area (Å²) >= 11 is 0. The Kier molecular flexibility index (Phi) is 4.51. The van der Waals surface area contributed by atoms with E-state index in [1.54, 1.807) is 0 Å². The minimum absolute atomic E-state index is 0.388. The molecule has 0 aromatic heterocycles. The van der Waals surface area contributed by atoms with Gasteiger partial charge in [0.05, 0.1) is 12.2 Å². The van der Waals surface area contributed by atoms with Gasteiger partial charge in [0.2, 0.25) is 0 Å². The monoisotopic (exact) mass is 288 g/mol. The summed E-state index contributed by atoms with van der Waals surface area (Å²) in [5.41, 5.74) is 2.79. The Balaban J connectivity index is 1.80. The van der Waals surface area contributed by atoms with Crippen LogP contribution in [0.3, 0.4) is 0 Å². The van der Waals surface area contributed by atoms with E-state index < -0.39 is 0 Å². The SMILES string of the molecule is CC1CCC(CN2CC(C(C)C)NCc3ccccc32)O1. The van der Waals surface area contributed by atoms with Crippen molar-refractivity contribution in [3.05, 3.63) is 29.8 Å². The molecule has 21 heavy (non-hydrogen) atoms. The van der Waals surface area contributed by atoms with Crippen LogP contribution in [0.1, 0.15) is 39.2 Å². The summed E-state index contributed by atoms with van der Waals surface area (Å²) in [6, 6.07) is 9.34. The van der Waals surface area contributed by atoms with Gasteiger partial charge in [0.1, 0.15) is 0 Å². The number of benzene rings is 1. The van der Waals surface area contributed by atoms with E-state index in [2.05, 4.69) is 55.3 Å². The van der Waals surface area contributed by atoms with E-state index in [4.69, 9.17) is 4.74 Å². The van der Waals surface area contributed by atoms with Crippen LogP contribution in [-0.4, -0.2) is 31.3 Å². The highest BCUT2D eigenvalue weighted by molar-refractivity contribution is 5.54. The molecule has 2 heterocycles. The lowest BCUT2D eigenvalue weighted by Crippen LogP contribution is -2.44. The van der Waals surface area contributed by atoms with Crippen molar-refractivity contribution in [1.29, 1.82) is 0 Å². The lowest BCUT2D eigenvalue weighted by Gasteiger charge is -2.31. The van der Waals surface area contributed by atoms with Crippen LogP contribution in [0, 0.1) is 5.92 Å². The fourth-order valence-electron chi connectivity index (χ4n) is 3.49. The Labute approximate surface area is 128 Å². The Hall–Kier alpha value is -1.06. The predicted octanol–water partition coefficient (Wildman–Crippen LogP) is 3.19. The topological polar surface area (TPSA) is 24.5 Å². The molecule has 1 aromatic carbocycles. The van der Waals surface area contributed by atoms with E-state index in [9.17, 15) is 0 Å². The number of nitrogens with one attached hydrogen (secondary N) is 1. The van der Waals surface area contributed by atoms with Gasteiger partial charge in [-0.15, -0.1) is 0 Å². The van der Waals surface area contributed by atoms with Gasteiger partial charge in [-0.3, -0.25) is 0 Å². The first-order valence-electron chi connectivity index (χ1n) is 8.35. The average Bonchev–Trinajstić information content (AvgIpc) is 2.78.